The van der Waals surface area contributed by atoms with Gasteiger partial charge >= 0.3 is 0 Å². The van der Waals surface area contributed by atoms with Gasteiger partial charge in [-0.3, -0.25) is 14.2 Å². The number of phenolic OH excluding ortho intramolecular Hbond substituents is 1. The highest BCUT2D eigenvalue weighted by Crippen LogP contribution is 2.34. The summed E-state index contributed by atoms with van der Waals surface area (Å²) >= 11 is 0. The minimum absolute atomic E-state index is 0.0146. The molecule has 0 radical (unpaired) electrons. The van der Waals surface area contributed by atoms with Gasteiger partial charge in [-0.2, -0.15) is 0 Å². The number of hydrogen-bond acceptors (Lipinski definition) is 3. The highest BCUT2D eigenvalue weighted by molar-refractivity contribution is 6.05. The molecule has 0 spiro atoms. The number of halogens is 1. The molecule has 1 amide bonds. The number of rotatable bonds is 3. The van der Waals surface area contributed by atoms with Crippen LogP contribution in [0.1, 0.15) is 34.5 Å². The third kappa shape index (κ3) is 2.76. The second-order valence-electron chi connectivity index (χ2n) is 5.98. The molecule has 6 heteroatoms. The van der Waals surface area contributed by atoms with Crippen molar-refractivity contribution < 1.29 is 19.1 Å². The van der Waals surface area contributed by atoms with E-state index in [4.69, 9.17) is 5.73 Å². The van der Waals surface area contributed by atoms with Crippen LogP contribution in [-0.2, 0) is 4.79 Å². The zero-order valence-electron chi connectivity index (χ0n) is 13.8. The van der Waals surface area contributed by atoms with Crippen LogP contribution >= 0.6 is 0 Å². The van der Waals surface area contributed by atoms with Gasteiger partial charge in [-0.15, -0.1) is 0 Å². The molecule has 0 aliphatic carbocycles. The number of fused-ring (bicyclic) bond motifs is 1. The van der Waals surface area contributed by atoms with Gasteiger partial charge in [0.1, 0.15) is 11.6 Å². The number of nitrogens with two attached hydrogens (primary N) is 1. The Hall–Kier alpha value is -3.15. The second kappa shape index (κ2) is 6.05. The quantitative estimate of drug-likeness (QED) is 0.768. The zero-order valence-corrected chi connectivity index (χ0v) is 13.8. The largest absolute Gasteiger partial charge is 0.508 e. The average molecular weight is 340 g/mol. The molecular formula is C19H17FN2O3. The van der Waals surface area contributed by atoms with Crippen molar-refractivity contribution in [3.63, 3.8) is 0 Å². The fraction of sp³-hybridized carbons (Fsp3) is 0.158. The molecule has 1 heterocycles. The van der Waals surface area contributed by atoms with Gasteiger partial charge in [0.05, 0.1) is 11.4 Å². The number of hydrogen-bond donors (Lipinski definition) is 2. The SMILES string of the molecule is Cc1c(C(C)C(N)=O)c2cc(O)ccc2n1C(=O)c1cccc(F)c1. The van der Waals surface area contributed by atoms with Crippen molar-refractivity contribution in [2.24, 2.45) is 5.73 Å². The number of benzene rings is 2. The van der Waals surface area contributed by atoms with E-state index < -0.39 is 23.5 Å². The van der Waals surface area contributed by atoms with Gasteiger partial charge in [0.15, 0.2) is 0 Å². The van der Waals surface area contributed by atoms with Crippen LogP contribution in [0.15, 0.2) is 42.5 Å². The highest BCUT2D eigenvalue weighted by atomic mass is 19.1. The Labute approximate surface area is 143 Å². The minimum atomic E-state index is -0.647. The van der Waals surface area contributed by atoms with Crippen LogP contribution in [0.3, 0.4) is 0 Å². The first kappa shape index (κ1) is 16.7. The number of primary amides is 1. The number of amides is 1. The third-order valence-electron chi connectivity index (χ3n) is 4.37. The van der Waals surface area contributed by atoms with Gasteiger partial charge in [-0.05, 0) is 55.8 Å². The van der Waals surface area contributed by atoms with Gasteiger partial charge in [0.25, 0.3) is 5.91 Å². The van der Waals surface area contributed by atoms with Gasteiger partial charge in [-0.25, -0.2) is 4.39 Å². The molecule has 3 N–H and O–H groups in total. The second-order valence-corrected chi connectivity index (χ2v) is 5.98. The maximum Gasteiger partial charge on any atom is 0.262 e. The zero-order chi connectivity index (χ0) is 18.3. The Balaban J connectivity index is 2.30. The predicted octanol–water partition coefficient (Wildman–Crippen LogP) is 3.07. The molecule has 0 saturated carbocycles. The van der Waals surface area contributed by atoms with E-state index in [2.05, 4.69) is 0 Å². The summed E-state index contributed by atoms with van der Waals surface area (Å²) in [5.41, 5.74) is 7.25. The predicted molar refractivity (Wildman–Crippen MR) is 92.1 cm³/mol. The van der Waals surface area contributed by atoms with Crippen LogP contribution in [0.2, 0.25) is 0 Å². The van der Waals surface area contributed by atoms with E-state index in [-0.39, 0.29) is 11.3 Å². The summed E-state index contributed by atoms with van der Waals surface area (Å²) in [6.45, 7) is 3.34. The maximum absolute atomic E-state index is 13.5. The lowest BCUT2D eigenvalue weighted by Crippen LogP contribution is -2.20. The van der Waals surface area contributed by atoms with Crippen LogP contribution in [0.4, 0.5) is 4.39 Å². The molecule has 0 fully saturated rings. The summed E-state index contributed by atoms with van der Waals surface area (Å²) in [5, 5.41) is 10.4. The van der Waals surface area contributed by atoms with E-state index in [9.17, 15) is 19.1 Å². The third-order valence-corrected chi connectivity index (χ3v) is 4.37. The van der Waals surface area contributed by atoms with Crippen molar-refractivity contribution >= 4 is 22.7 Å². The Morgan fingerprint density at radius 1 is 1.20 bits per heavy atom. The molecule has 128 valence electrons. The normalized spacial score (nSPS) is 12.3. The van der Waals surface area contributed by atoms with Crippen LogP contribution in [-0.4, -0.2) is 21.5 Å². The van der Waals surface area contributed by atoms with Crippen LogP contribution in [0.25, 0.3) is 10.9 Å². The monoisotopic (exact) mass is 340 g/mol. The van der Waals surface area contributed by atoms with Crippen molar-refractivity contribution in [2.45, 2.75) is 19.8 Å². The van der Waals surface area contributed by atoms with E-state index in [0.717, 1.165) is 6.07 Å². The lowest BCUT2D eigenvalue weighted by molar-refractivity contribution is -0.119. The molecule has 1 atom stereocenters. The smallest absolute Gasteiger partial charge is 0.262 e. The number of carbonyl (C=O) groups excluding carboxylic acids is 2. The number of phenols is 1. The summed E-state index contributed by atoms with van der Waals surface area (Å²) in [5.74, 6) is -2.10. The highest BCUT2D eigenvalue weighted by Gasteiger charge is 2.25. The number of aromatic hydroxyl groups is 1. The summed E-state index contributed by atoms with van der Waals surface area (Å²) < 4.78 is 14.9. The molecular weight excluding hydrogens is 323 g/mol. The Bertz CT molecular complexity index is 1010. The first-order valence-electron chi connectivity index (χ1n) is 7.74. The van der Waals surface area contributed by atoms with Crippen LogP contribution < -0.4 is 5.73 Å². The molecule has 0 aliphatic heterocycles. The van der Waals surface area contributed by atoms with Gasteiger partial charge in [-0.1, -0.05) is 6.07 Å². The summed E-state index contributed by atoms with van der Waals surface area (Å²) in [4.78, 5) is 24.6. The van der Waals surface area contributed by atoms with E-state index >= 15 is 0 Å². The summed E-state index contributed by atoms with van der Waals surface area (Å²) in [6, 6.07) is 9.94. The standard InChI is InChI=1S/C19H17FN2O3/c1-10(18(21)24)17-11(2)22(16-7-6-14(23)9-15(16)17)19(25)12-4-3-5-13(20)8-12/h3-10,23H,1-2H3,(H2,21,24). The van der Waals surface area contributed by atoms with Crippen molar-refractivity contribution in [1.82, 2.24) is 4.57 Å². The van der Waals surface area contributed by atoms with Crippen molar-refractivity contribution in [2.75, 3.05) is 0 Å². The molecule has 0 bridgehead atoms. The van der Waals surface area contributed by atoms with Gasteiger partial charge < -0.3 is 10.8 Å². The molecule has 5 nitrogen and oxygen atoms in total. The lowest BCUT2D eigenvalue weighted by atomic mass is 9.97. The lowest BCUT2D eigenvalue weighted by Gasteiger charge is -2.10. The minimum Gasteiger partial charge on any atom is -0.508 e. The fourth-order valence-corrected chi connectivity index (χ4v) is 3.13. The first-order chi connectivity index (χ1) is 11.8. The van der Waals surface area contributed by atoms with E-state index in [1.165, 1.54) is 34.9 Å². The van der Waals surface area contributed by atoms with E-state index in [1.807, 2.05) is 0 Å². The Morgan fingerprint density at radius 3 is 2.56 bits per heavy atom. The van der Waals surface area contributed by atoms with Crippen LogP contribution in [0.5, 0.6) is 5.75 Å². The number of nitrogens with zero attached hydrogens (tertiary/aromatic N) is 1. The Morgan fingerprint density at radius 2 is 1.92 bits per heavy atom. The Kier molecular flexibility index (Phi) is 4.04. The first-order valence-corrected chi connectivity index (χ1v) is 7.74. The summed E-state index contributed by atoms with van der Waals surface area (Å²) in [6.07, 6.45) is 0. The molecule has 0 aliphatic rings. The van der Waals surface area contributed by atoms with E-state index in [0.29, 0.717) is 22.2 Å². The molecule has 3 rings (SSSR count). The molecule has 3 aromatic rings. The topological polar surface area (TPSA) is 85.3 Å². The molecule has 2 aromatic carbocycles. The number of aromatic nitrogens is 1. The molecule has 1 aromatic heterocycles. The molecule has 25 heavy (non-hydrogen) atoms. The van der Waals surface area contributed by atoms with Crippen LogP contribution in [0, 0.1) is 12.7 Å². The van der Waals surface area contributed by atoms with Gasteiger partial charge in [0, 0.05) is 16.6 Å². The fourth-order valence-electron chi connectivity index (χ4n) is 3.13. The van der Waals surface area contributed by atoms with Crippen molar-refractivity contribution in [1.29, 1.82) is 0 Å². The molecule has 0 saturated heterocycles. The van der Waals surface area contributed by atoms with Crippen molar-refractivity contribution in [3.05, 3.63) is 65.1 Å². The van der Waals surface area contributed by atoms with Gasteiger partial charge in [0.2, 0.25) is 5.91 Å². The maximum atomic E-state index is 13.5. The average Bonchev–Trinajstić information content (AvgIpc) is 2.84. The summed E-state index contributed by atoms with van der Waals surface area (Å²) in [7, 11) is 0. The van der Waals surface area contributed by atoms with E-state index in [1.54, 1.807) is 19.9 Å². The number of carbonyl (C=O) groups is 2. The van der Waals surface area contributed by atoms with Crippen molar-refractivity contribution in [3.8, 4) is 5.75 Å². The molecule has 1 unspecified atom stereocenters.